The number of hydrogen-bond acceptors (Lipinski definition) is 5. The first-order chi connectivity index (χ1) is 12.7. The molecule has 0 aromatic heterocycles. The summed E-state index contributed by atoms with van der Waals surface area (Å²) in [5, 5.41) is 3.42. The van der Waals surface area contributed by atoms with Crippen LogP contribution in [0.4, 0.5) is 5.69 Å². The van der Waals surface area contributed by atoms with E-state index >= 15 is 0 Å². The van der Waals surface area contributed by atoms with E-state index in [1.165, 1.54) is 0 Å². The van der Waals surface area contributed by atoms with Crippen molar-refractivity contribution >= 4 is 21.6 Å². The van der Waals surface area contributed by atoms with E-state index in [0.29, 0.717) is 33.0 Å². The molecule has 140 valence electrons. The molecule has 0 atom stereocenters. The number of rotatable bonds is 8. The van der Waals surface area contributed by atoms with Gasteiger partial charge in [0.2, 0.25) is 0 Å². The molecule has 1 aliphatic heterocycles. The SMILES string of the molecule is CCCOc1cc(Br)c(CNc2ccc3c(c2)OCCO3)cc1OCC. The monoisotopic (exact) mass is 421 g/mol. The second kappa shape index (κ2) is 9.03. The number of fused-ring (bicyclic) bond motifs is 1. The van der Waals surface area contributed by atoms with Gasteiger partial charge in [-0.25, -0.2) is 0 Å². The molecule has 0 aliphatic carbocycles. The quantitative estimate of drug-likeness (QED) is 0.648. The third-order valence-corrected chi connectivity index (χ3v) is 4.64. The van der Waals surface area contributed by atoms with Gasteiger partial charge in [-0.15, -0.1) is 0 Å². The zero-order valence-corrected chi connectivity index (χ0v) is 16.7. The van der Waals surface area contributed by atoms with Crippen molar-refractivity contribution in [2.75, 3.05) is 31.7 Å². The summed E-state index contributed by atoms with van der Waals surface area (Å²) in [4.78, 5) is 0. The molecule has 0 fully saturated rings. The molecule has 5 nitrogen and oxygen atoms in total. The first kappa shape index (κ1) is 18.7. The number of nitrogens with one attached hydrogen (secondary N) is 1. The first-order valence-corrected chi connectivity index (χ1v) is 9.72. The van der Waals surface area contributed by atoms with E-state index in [9.17, 15) is 0 Å². The van der Waals surface area contributed by atoms with E-state index in [1.807, 2.05) is 37.3 Å². The normalized spacial score (nSPS) is 12.6. The van der Waals surface area contributed by atoms with Crippen molar-refractivity contribution in [2.45, 2.75) is 26.8 Å². The number of ether oxygens (including phenoxy) is 4. The van der Waals surface area contributed by atoms with Gasteiger partial charge in [0.25, 0.3) is 0 Å². The van der Waals surface area contributed by atoms with E-state index in [1.54, 1.807) is 0 Å². The van der Waals surface area contributed by atoms with Gasteiger partial charge in [0.15, 0.2) is 23.0 Å². The van der Waals surface area contributed by atoms with Gasteiger partial charge in [-0.05, 0) is 43.2 Å². The van der Waals surface area contributed by atoms with Gasteiger partial charge < -0.3 is 24.3 Å². The molecule has 2 aromatic rings. The Morgan fingerprint density at radius 2 is 1.77 bits per heavy atom. The molecule has 26 heavy (non-hydrogen) atoms. The molecule has 0 saturated heterocycles. The van der Waals surface area contributed by atoms with Gasteiger partial charge in [-0.1, -0.05) is 22.9 Å². The number of benzene rings is 2. The molecule has 3 rings (SSSR count). The molecular formula is C20H24BrNO4. The highest BCUT2D eigenvalue weighted by molar-refractivity contribution is 9.10. The lowest BCUT2D eigenvalue weighted by Gasteiger charge is -2.19. The van der Waals surface area contributed by atoms with Crippen LogP contribution in [-0.4, -0.2) is 26.4 Å². The van der Waals surface area contributed by atoms with E-state index in [2.05, 4.69) is 28.2 Å². The predicted molar refractivity (Wildman–Crippen MR) is 106 cm³/mol. The molecule has 0 saturated carbocycles. The fourth-order valence-electron chi connectivity index (χ4n) is 2.66. The average molecular weight is 422 g/mol. The predicted octanol–water partition coefficient (Wildman–Crippen LogP) is 5.02. The van der Waals surface area contributed by atoms with Crippen molar-refractivity contribution in [1.29, 1.82) is 0 Å². The van der Waals surface area contributed by atoms with E-state index < -0.39 is 0 Å². The zero-order valence-electron chi connectivity index (χ0n) is 15.1. The summed E-state index contributed by atoms with van der Waals surface area (Å²) in [6, 6.07) is 9.87. The fraction of sp³-hybridized carbons (Fsp3) is 0.400. The van der Waals surface area contributed by atoms with Crippen molar-refractivity contribution in [3.63, 3.8) is 0 Å². The van der Waals surface area contributed by atoms with Crippen molar-refractivity contribution < 1.29 is 18.9 Å². The lowest BCUT2D eigenvalue weighted by Crippen LogP contribution is -2.15. The highest BCUT2D eigenvalue weighted by atomic mass is 79.9. The second-order valence-electron chi connectivity index (χ2n) is 5.88. The van der Waals surface area contributed by atoms with E-state index in [4.69, 9.17) is 18.9 Å². The van der Waals surface area contributed by atoms with Gasteiger partial charge in [0, 0.05) is 22.8 Å². The standard InChI is InChI=1S/C20H24BrNO4/c1-3-7-24-20-12-16(21)14(10-18(20)23-4-2)13-22-15-5-6-17-19(11-15)26-9-8-25-17/h5-6,10-12,22H,3-4,7-9,13H2,1-2H3. The van der Waals surface area contributed by atoms with Crippen LogP contribution in [0.15, 0.2) is 34.8 Å². The number of halogens is 1. The van der Waals surface area contributed by atoms with Crippen molar-refractivity contribution in [3.8, 4) is 23.0 Å². The molecule has 6 heteroatoms. The Balaban J connectivity index is 1.73. The van der Waals surface area contributed by atoms with Crippen molar-refractivity contribution in [2.24, 2.45) is 0 Å². The average Bonchev–Trinajstić information content (AvgIpc) is 2.66. The van der Waals surface area contributed by atoms with Crippen molar-refractivity contribution in [3.05, 3.63) is 40.4 Å². The molecule has 1 N–H and O–H groups in total. The maximum absolute atomic E-state index is 5.79. The largest absolute Gasteiger partial charge is 0.490 e. The molecule has 0 amide bonds. The summed E-state index contributed by atoms with van der Waals surface area (Å²) in [5.74, 6) is 3.10. The topological polar surface area (TPSA) is 49.0 Å². The Morgan fingerprint density at radius 1 is 1.00 bits per heavy atom. The highest BCUT2D eigenvalue weighted by Gasteiger charge is 2.13. The Bertz CT molecular complexity index is 751. The molecule has 1 aliphatic rings. The van der Waals surface area contributed by atoms with Crippen LogP contribution >= 0.6 is 15.9 Å². The van der Waals surface area contributed by atoms with Gasteiger partial charge in [-0.2, -0.15) is 0 Å². The maximum Gasteiger partial charge on any atom is 0.163 e. The second-order valence-corrected chi connectivity index (χ2v) is 6.74. The Morgan fingerprint density at radius 3 is 2.54 bits per heavy atom. The van der Waals surface area contributed by atoms with Crippen LogP contribution in [-0.2, 0) is 6.54 Å². The van der Waals surface area contributed by atoms with Crippen molar-refractivity contribution in [1.82, 2.24) is 0 Å². The minimum absolute atomic E-state index is 0.582. The van der Waals surface area contributed by atoms with Gasteiger partial charge >= 0.3 is 0 Å². The fourth-order valence-corrected chi connectivity index (χ4v) is 3.12. The molecule has 2 aromatic carbocycles. The summed E-state index contributed by atoms with van der Waals surface area (Å²) in [6.45, 7) is 7.15. The van der Waals surface area contributed by atoms with E-state index in [0.717, 1.165) is 45.1 Å². The minimum atomic E-state index is 0.582. The third kappa shape index (κ3) is 4.55. The summed E-state index contributed by atoms with van der Waals surface area (Å²) in [5.41, 5.74) is 2.07. The van der Waals surface area contributed by atoms with Gasteiger partial charge in [-0.3, -0.25) is 0 Å². The summed E-state index contributed by atoms with van der Waals surface area (Å²) in [6.07, 6.45) is 0.955. The lowest BCUT2D eigenvalue weighted by atomic mass is 10.2. The number of anilines is 1. The van der Waals surface area contributed by atoms with Crippen LogP contribution in [0.2, 0.25) is 0 Å². The molecule has 0 radical (unpaired) electrons. The Hall–Kier alpha value is -2.08. The molecule has 0 spiro atoms. The van der Waals surface area contributed by atoms with Crippen LogP contribution in [0.3, 0.4) is 0 Å². The van der Waals surface area contributed by atoms with E-state index in [-0.39, 0.29) is 0 Å². The Labute approximate surface area is 162 Å². The van der Waals surface area contributed by atoms with Gasteiger partial charge in [0.05, 0.1) is 13.2 Å². The van der Waals surface area contributed by atoms with Crippen LogP contribution < -0.4 is 24.3 Å². The summed E-state index contributed by atoms with van der Waals surface area (Å²) < 4.78 is 23.7. The molecule has 0 bridgehead atoms. The zero-order chi connectivity index (χ0) is 18.4. The number of hydrogen-bond donors (Lipinski definition) is 1. The highest BCUT2D eigenvalue weighted by Crippen LogP contribution is 2.35. The van der Waals surface area contributed by atoms with Crippen LogP contribution in [0, 0.1) is 0 Å². The Kier molecular flexibility index (Phi) is 6.50. The van der Waals surface area contributed by atoms with Crippen LogP contribution in [0.25, 0.3) is 0 Å². The van der Waals surface area contributed by atoms with Crippen LogP contribution in [0.1, 0.15) is 25.8 Å². The first-order valence-electron chi connectivity index (χ1n) is 8.92. The molecule has 1 heterocycles. The third-order valence-electron chi connectivity index (χ3n) is 3.90. The molecular weight excluding hydrogens is 398 g/mol. The summed E-state index contributed by atoms with van der Waals surface area (Å²) >= 11 is 3.64. The van der Waals surface area contributed by atoms with Gasteiger partial charge in [0.1, 0.15) is 13.2 Å². The maximum atomic E-state index is 5.79. The minimum Gasteiger partial charge on any atom is -0.490 e. The molecule has 0 unspecified atom stereocenters. The summed E-state index contributed by atoms with van der Waals surface area (Å²) in [7, 11) is 0. The van der Waals surface area contributed by atoms with Crippen LogP contribution in [0.5, 0.6) is 23.0 Å². The lowest BCUT2D eigenvalue weighted by molar-refractivity contribution is 0.171. The smallest absolute Gasteiger partial charge is 0.163 e.